The summed E-state index contributed by atoms with van der Waals surface area (Å²) in [6.45, 7) is 3.37. The molecular formula is C14H14O3. The van der Waals surface area contributed by atoms with Gasteiger partial charge in [0.2, 0.25) is 0 Å². The van der Waals surface area contributed by atoms with Crippen molar-refractivity contribution in [3.8, 4) is 0 Å². The highest BCUT2D eigenvalue weighted by Crippen LogP contribution is 2.06. The number of carboxylic acid groups (broad SMARTS) is 1. The Balaban J connectivity index is 2.43. The predicted octanol–water partition coefficient (Wildman–Crippen LogP) is 2.69. The van der Waals surface area contributed by atoms with Crippen molar-refractivity contribution in [2.24, 2.45) is 0 Å². The van der Waals surface area contributed by atoms with Gasteiger partial charge in [-0.15, -0.1) is 0 Å². The molecule has 0 aliphatic rings. The normalized spacial score (nSPS) is 10.4. The van der Waals surface area contributed by atoms with Crippen LogP contribution < -0.4 is 0 Å². The van der Waals surface area contributed by atoms with Gasteiger partial charge in [-0.3, -0.25) is 4.79 Å². The molecule has 0 aromatic heterocycles. The highest BCUT2D eigenvalue weighted by Gasteiger charge is 2.05. The SMILES string of the molecule is C=C(CCC(=O)C=Cc1ccccc1)C(=O)O. The van der Waals surface area contributed by atoms with Crippen molar-refractivity contribution in [2.75, 3.05) is 0 Å². The van der Waals surface area contributed by atoms with E-state index in [9.17, 15) is 9.59 Å². The summed E-state index contributed by atoms with van der Waals surface area (Å²) in [6, 6.07) is 9.45. The van der Waals surface area contributed by atoms with Crippen molar-refractivity contribution in [3.63, 3.8) is 0 Å². The van der Waals surface area contributed by atoms with Crippen molar-refractivity contribution in [1.82, 2.24) is 0 Å². The molecule has 0 bridgehead atoms. The summed E-state index contributed by atoms with van der Waals surface area (Å²) in [5, 5.41) is 8.57. The molecule has 0 saturated heterocycles. The first kappa shape index (κ1) is 12.9. The Morgan fingerprint density at radius 1 is 1.18 bits per heavy atom. The van der Waals surface area contributed by atoms with Gasteiger partial charge in [-0.2, -0.15) is 0 Å². The molecule has 1 rings (SSSR count). The van der Waals surface area contributed by atoms with Crippen LogP contribution in [-0.2, 0) is 9.59 Å². The highest BCUT2D eigenvalue weighted by atomic mass is 16.4. The first-order valence-electron chi connectivity index (χ1n) is 5.26. The van der Waals surface area contributed by atoms with Crippen molar-refractivity contribution in [2.45, 2.75) is 12.8 Å². The minimum absolute atomic E-state index is 0.0615. The van der Waals surface area contributed by atoms with Crippen molar-refractivity contribution < 1.29 is 14.7 Å². The van der Waals surface area contributed by atoms with Crippen LogP contribution in [0.25, 0.3) is 6.08 Å². The number of allylic oxidation sites excluding steroid dienone is 1. The topological polar surface area (TPSA) is 54.4 Å². The molecule has 1 aromatic carbocycles. The number of rotatable bonds is 6. The van der Waals surface area contributed by atoms with E-state index in [1.54, 1.807) is 6.08 Å². The van der Waals surface area contributed by atoms with Crippen LogP contribution >= 0.6 is 0 Å². The minimum atomic E-state index is -1.05. The zero-order chi connectivity index (χ0) is 12.7. The van der Waals surface area contributed by atoms with Crippen LogP contribution in [-0.4, -0.2) is 16.9 Å². The number of hydrogen-bond acceptors (Lipinski definition) is 2. The number of hydrogen-bond donors (Lipinski definition) is 1. The average Bonchev–Trinajstić information content (AvgIpc) is 2.34. The molecule has 0 unspecified atom stereocenters. The van der Waals surface area contributed by atoms with Crippen LogP contribution in [0.15, 0.2) is 48.6 Å². The predicted molar refractivity (Wildman–Crippen MR) is 66.5 cm³/mol. The third kappa shape index (κ3) is 4.93. The van der Waals surface area contributed by atoms with Gasteiger partial charge < -0.3 is 5.11 Å². The lowest BCUT2D eigenvalue weighted by Gasteiger charge is -1.97. The fraction of sp³-hybridized carbons (Fsp3) is 0.143. The second-order valence-electron chi connectivity index (χ2n) is 3.62. The molecule has 0 atom stereocenters. The number of carbonyl (C=O) groups is 2. The van der Waals surface area contributed by atoms with E-state index in [2.05, 4.69) is 6.58 Å². The Labute approximate surface area is 100 Å². The number of ketones is 1. The molecular weight excluding hydrogens is 216 g/mol. The van der Waals surface area contributed by atoms with Crippen LogP contribution in [0.4, 0.5) is 0 Å². The zero-order valence-corrected chi connectivity index (χ0v) is 9.43. The lowest BCUT2D eigenvalue weighted by atomic mass is 10.1. The van der Waals surface area contributed by atoms with E-state index < -0.39 is 5.97 Å². The van der Waals surface area contributed by atoms with E-state index in [-0.39, 0.29) is 24.2 Å². The van der Waals surface area contributed by atoms with E-state index >= 15 is 0 Å². The lowest BCUT2D eigenvalue weighted by Crippen LogP contribution is -2.01. The maximum Gasteiger partial charge on any atom is 0.330 e. The second-order valence-corrected chi connectivity index (χ2v) is 3.62. The van der Waals surface area contributed by atoms with Gasteiger partial charge in [0, 0.05) is 12.0 Å². The Kier molecular flexibility index (Phi) is 4.88. The van der Waals surface area contributed by atoms with Crippen LogP contribution in [0.2, 0.25) is 0 Å². The summed E-state index contributed by atoms with van der Waals surface area (Å²) in [4.78, 5) is 21.9. The summed E-state index contributed by atoms with van der Waals surface area (Å²) in [5.41, 5.74) is 1.00. The lowest BCUT2D eigenvalue weighted by molar-refractivity contribution is -0.132. The summed E-state index contributed by atoms with van der Waals surface area (Å²) in [6.07, 6.45) is 3.54. The van der Waals surface area contributed by atoms with Gasteiger partial charge in [-0.25, -0.2) is 4.79 Å². The molecule has 0 radical (unpaired) electrons. The third-order valence-corrected chi connectivity index (χ3v) is 2.24. The summed E-state index contributed by atoms with van der Waals surface area (Å²) in [7, 11) is 0. The monoisotopic (exact) mass is 230 g/mol. The van der Waals surface area contributed by atoms with Crippen molar-refractivity contribution in [3.05, 3.63) is 54.1 Å². The molecule has 0 amide bonds. The Hall–Kier alpha value is -2.16. The molecule has 0 fully saturated rings. The second kappa shape index (κ2) is 6.43. The highest BCUT2D eigenvalue weighted by molar-refractivity contribution is 5.94. The van der Waals surface area contributed by atoms with Crippen molar-refractivity contribution in [1.29, 1.82) is 0 Å². The molecule has 1 N–H and O–H groups in total. The van der Waals surface area contributed by atoms with Gasteiger partial charge in [0.05, 0.1) is 0 Å². The number of aliphatic carboxylic acids is 1. The van der Waals surface area contributed by atoms with E-state index in [1.807, 2.05) is 30.3 Å². The molecule has 3 nitrogen and oxygen atoms in total. The zero-order valence-electron chi connectivity index (χ0n) is 9.43. The smallest absolute Gasteiger partial charge is 0.330 e. The van der Waals surface area contributed by atoms with Crippen LogP contribution in [0.3, 0.4) is 0 Å². The maximum atomic E-state index is 11.4. The molecule has 17 heavy (non-hydrogen) atoms. The summed E-state index contributed by atoms with van der Waals surface area (Å²) in [5.74, 6) is -1.15. The van der Waals surface area contributed by atoms with Gasteiger partial charge in [0.15, 0.2) is 5.78 Å². The molecule has 0 saturated carbocycles. The van der Waals surface area contributed by atoms with E-state index in [1.165, 1.54) is 6.08 Å². The number of carboxylic acids is 1. The summed E-state index contributed by atoms with van der Waals surface area (Å²) < 4.78 is 0. The number of carbonyl (C=O) groups excluding carboxylic acids is 1. The largest absolute Gasteiger partial charge is 0.478 e. The Morgan fingerprint density at radius 2 is 1.82 bits per heavy atom. The van der Waals surface area contributed by atoms with Gasteiger partial charge in [-0.05, 0) is 18.1 Å². The Bertz CT molecular complexity index is 444. The molecule has 0 spiro atoms. The molecule has 1 aromatic rings. The minimum Gasteiger partial charge on any atom is -0.478 e. The van der Waals surface area contributed by atoms with E-state index in [4.69, 9.17) is 5.11 Å². The van der Waals surface area contributed by atoms with Crippen LogP contribution in [0.5, 0.6) is 0 Å². The fourth-order valence-corrected chi connectivity index (χ4v) is 1.22. The van der Waals surface area contributed by atoms with Gasteiger partial charge in [0.25, 0.3) is 0 Å². The quantitative estimate of drug-likeness (QED) is 0.764. The Morgan fingerprint density at radius 3 is 2.41 bits per heavy atom. The fourth-order valence-electron chi connectivity index (χ4n) is 1.22. The molecule has 3 heteroatoms. The van der Waals surface area contributed by atoms with E-state index in [0.29, 0.717) is 0 Å². The van der Waals surface area contributed by atoms with Crippen LogP contribution in [0, 0.1) is 0 Å². The third-order valence-electron chi connectivity index (χ3n) is 2.24. The number of benzene rings is 1. The van der Waals surface area contributed by atoms with Crippen LogP contribution in [0.1, 0.15) is 18.4 Å². The molecule has 0 heterocycles. The average molecular weight is 230 g/mol. The van der Waals surface area contributed by atoms with Crippen molar-refractivity contribution >= 4 is 17.8 Å². The summed E-state index contributed by atoms with van der Waals surface area (Å²) >= 11 is 0. The molecule has 88 valence electrons. The first-order valence-corrected chi connectivity index (χ1v) is 5.26. The van der Waals surface area contributed by atoms with Gasteiger partial charge >= 0.3 is 5.97 Å². The first-order chi connectivity index (χ1) is 8.09. The maximum absolute atomic E-state index is 11.4. The standard InChI is InChI=1S/C14H14O3/c1-11(14(16)17)7-9-13(15)10-8-12-5-3-2-4-6-12/h2-6,8,10H,1,7,9H2,(H,16,17). The molecule has 0 aliphatic heterocycles. The van der Waals surface area contributed by atoms with Gasteiger partial charge in [-0.1, -0.05) is 43.0 Å². The van der Waals surface area contributed by atoms with E-state index in [0.717, 1.165) is 5.56 Å². The molecule has 0 aliphatic carbocycles. The van der Waals surface area contributed by atoms with Gasteiger partial charge in [0.1, 0.15) is 0 Å².